The van der Waals surface area contributed by atoms with E-state index in [-0.39, 0.29) is 10.4 Å². The Labute approximate surface area is 156 Å². The molecule has 0 saturated heterocycles. The highest BCUT2D eigenvalue weighted by molar-refractivity contribution is 7.84. The van der Waals surface area contributed by atoms with Crippen molar-refractivity contribution in [3.05, 3.63) is 60.7 Å². The van der Waals surface area contributed by atoms with Crippen molar-refractivity contribution >= 4 is 29.4 Å². The third-order valence-electron chi connectivity index (χ3n) is 4.83. The molecule has 1 N–H and O–H groups in total. The van der Waals surface area contributed by atoms with Crippen molar-refractivity contribution < 1.29 is 4.21 Å². The van der Waals surface area contributed by atoms with Gasteiger partial charge in [0.15, 0.2) is 0 Å². The number of hydrogen-bond donors (Lipinski definition) is 1. The van der Waals surface area contributed by atoms with Gasteiger partial charge in [0.1, 0.15) is 8.07 Å². The second kappa shape index (κ2) is 8.43. The molecule has 0 aliphatic rings. The molecule has 2 nitrogen and oxygen atoms in total. The maximum Gasteiger partial charge on any atom is 0.132 e. The van der Waals surface area contributed by atoms with Gasteiger partial charge in [-0.05, 0) is 27.2 Å². The fourth-order valence-electron chi connectivity index (χ4n) is 3.20. The molecule has 0 unspecified atom stereocenters. The summed E-state index contributed by atoms with van der Waals surface area (Å²) in [6.07, 6.45) is 2.09. The molecule has 0 radical (unpaired) electrons. The maximum absolute atomic E-state index is 12.9. The number of nitrogens with one attached hydrogen (secondary N) is 1. The molecule has 0 aliphatic carbocycles. The van der Waals surface area contributed by atoms with Gasteiger partial charge in [-0.15, -0.1) is 0 Å². The monoisotopic (exact) mass is 373 g/mol. The van der Waals surface area contributed by atoms with Crippen LogP contribution in [0.5, 0.6) is 0 Å². The minimum absolute atomic E-state index is 0.224. The first-order valence-electron chi connectivity index (χ1n) is 9.09. The van der Waals surface area contributed by atoms with E-state index in [0.717, 1.165) is 12.8 Å². The second-order valence-electron chi connectivity index (χ2n) is 7.77. The zero-order chi connectivity index (χ0) is 18.5. The Bertz CT molecular complexity index is 643. The first kappa shape index (κ1) is 20.1. The van der Waals surface area contributed by atoms with Gasteiger partial charge in [0, 0.05) is 5.67 Å². The van der Waals surface area contributed by atoms with Crippen LogP contribution >= 0.6 is 0 Å². The zero-order valence-corrected chi connectivity index (χ0v) is 17.9. The van der Waals surface area contributed by atoms with Crippen molar-refractivity contribution in [2.45, 2.75) is 57.5 Å². The van der Waals surface area contributed by atoms with E-state index in [4.69, 9.17) is 0 Å². The second-order valence-corrected chi connectivity index (χ2v) is 14.0. The van der Waals surface area contributed by atoms with Crippen LogP contribution in [0.2, 0.25) is 6.55 Å². The molecule has 4 heteroatoms. The van der Waals surface area contributed by atoms with E-state index in [2.05, 4.69) is 78.9 Å². The van der Waals surface area contributed by atoms with Crippen LogP contribution in [0.4, 0.5) is 0 Å². The Morgan fingerprint density at radius 1 is 0.960 bits per heavy atom. The van der Waals surface area contributed by atoms with E-state index in [9.17, 15) is 4.21 Å². The summed E-state index contributed by atoms with van der Waals surface area (Å²) in [6.45, 7) is 10.7. The van der Waals surface area contributed by atoms with Crippen molar-refractivity contribution in [2.75, 3.05) is 0 Å². The normalized spacial score (nSPS) is 14.9. The highest BCUT2D eigenvalue weighted by Gasteiger charge is 2.41. The fraction of sp³-hybridized carbons (Fsp3) is 0.429. The highest BCUT2D eigenvalue weighted by Crippen LogP contribution is 2.18. The van der Waals surface area contributed by atoms with Crippen molar-refractivity contribution in [1.29, 1.82) is 0 Å². The minimum Gasteiger partial charge on any atom is -0.242 e. The van der Waals surface area contributed by atoms with Gasteiger partial charge in [0.25, 0.3) is 0 Å². The molecule has 0 saturated carbocycles. The van der Waals surface area contributed by atoms with Crippen LogP contribution in [-0.4, -0.2) is 22.7 Å². The molecule has 2 aromatic carbocycles. The third-order valence-corrected chi connectivity index (χ3v) is 11.5. The molecule has 0 bridgehead atoms. The van der Waals surface area contributed by atoms with Crippen LogP contribution in [0.15, 0.2) is 60.7 Å². The van der Waals surface area contributed by atoms with Gasteiger partial charge in [-0.25, -0.2) is 8.93 Å². The van der Waals surface area contributed by atoms with Gasteiger partial charge in [0.2, 0.25) is 0 Å². The van der Waals surface area contributed by atoms with Crippen molar-refractivity contribution in [3.63, 3.8) is 0 Å². The molecular weight excluding hydrogens is 342 g/mol. The van der Waals surface area contributed by atoms with Gasteiger partial charge in [0.05, 0.1) is 15.7 Å². The molecule has 136 valence electrons. The van der Waals surface area contributed by atoms with E-state index in [0.29, 0.717) is 0 Å². The van der Waals surface area contributed by atoms with Gasteiger partial charge >= 0.3 is 0 Å². The van der Waals surface area contributed by atoms with Crippen molar-refractivity contribution in [1.82, 2.24) is 4.72 Å². The van der Waals surface area contributed by atoms with Crippen LogP contribution in [0.25, 0.3) is 0 Å². The maximum atomic E-state index is 12.9. The Kier molecular flexibility index (Phi) is 6.77. The van der Waals surface area contributed by atoms with Crippen molar-refractivity contribution in [3.8, 4) is 0 Å². The zero-order valence-electron chi connectivity index (χ0n) is 16.1. The molecule has 0 heterocycles. The summed E-state index contributed by atoms with van der Waals surface area (Å²) in [4.78, 5) is 0. The van der Waals surface area contributed by atoms with E-state index in [1.807, 2.05) is 20.8 Å². The number of benzene rings is 2. The lowest BCUT2D eigenvalue weighted by Gasteiger charge is -2.38. The average molecular weight is 374 g/mol. The Hall–Kier alpha value is -1.23. The Morgan fingerprint density at radius 3 is 1.76 bits per heavy atom. The quantitative estimate of drug-likeness (QED) is 0.738. The van der Waals surface area contributed by atoms with Gasteiger partial charge in [-0.3, -0.25) is 0 Å². The first-order chi connectivity index (χ1) is 11.8. The van der Waals surface area contributed by atoms with Crippen LogP contribution < -0.4 is 15.1 Å². The summed E-state index contributed by atoms with van der Waals surface area (Å²) in [7, 11) is -3.18. The summed E-state index contributed by atoms with van der Waals surface area (Å²) in [5.41, 5.74) is 0.224. The molecule has 0 fully saturated rings. The lowest BCUT2D eigenvalue weighted by molar-refractivity contribution is 0.615. The van der Waals surface area contributed by atoms with Gasteiger partial charge in [-0.2, -0.15) is 0 Å². The largest absolute Gasteiger partial charge is 0.242 e. The van der Waals surface area contributed by atoms with Gasteiger partial charge < -0.3 is 0 Å². The SMILES string of the molecule is CCC[C@H](N[S@](=O)C(C)(C)C)[Si](C)(c1ccccc1)c1ccccc1. The van der Waals surface area contributed by atoms with E-state index in [1.165, 1.54) is 10.4 Å². The van der Waals surface area contributed by atoms with Crippen LogP contribution in [0.3, 0.4) is 0 Å². The summed E-state index contributed by atoms with van der Waals surface area (Å²) in [5, 5.41) is 2.77. The van der Waals surface area contributed by atoms with E-state index in [1.54, 1.807) is 0 Å². The lowest BCUT2D eigenvalue weighted by Crippen LogP contribution is -2.69. The van der Waals surface area contributed by atoms with E-state index < -0.39 is 19.1 Å². The molecule has 0 amide bonds. The summed E-state index contributed by atoms with van der Waals surface area (Å²) in [6, 6.07) is 21.6. The topological polar surface area (TPSA) is 29.1 Å². The molecule has 2 rings (SSSR count). The summed E-state index contributed by atoms with van der Waals surface area (Å²) < 4.78 is 16.1. The molecule has 2 atom stereocenters. The van der Waals surface area contributed by atoms with Crippen LogP contribution in [0, 0.1) is 0 Å². The Balaban J connectivity index is 2.53. The van der Waals surface area contributed by atoms with Gasteiger partial charge in [-0.1, -0.05) is 90.9 Å². The van der Waals surface area contributed by atoms with Crippen molar-refractivity contribution in [2.24, 2.45) is 0 Å². The smallest absolute Gasteiger partial charge is 0.132 e. The standard InChI is InChI=1S/C21H31NOSSi/c1-6-13-20(22-24(23)21(2,3)4)25(5,18-14-9-7-10-15-18)19-16-11-8-12-17-19/h7-12,14-17,20,22H,6,13H2,1-5H3/t20-,24-/m1/s1. The minimum atomic E-state index is -2.10. The molecule has 0 aliphatic heterocycles. The predicted molar refractivity (Wildman–Crippen MR) is 113 cm³/mol. The lowest BCUT2D eigenvalue weighted by atomic mass is 10.3. The summed E-state index contributed by atoms with van der Waals surface area (Å²) >= 11 is 0. The predicted octanol–water partition coefficient (Wildman–Crippen LogP) is 3.64. The molecule has 0 aromatic heterocycles. The summed E-state index contributed by atoms with van der Waals surface area (Å²) in [5.74, 6) is 0. The molecule has 25 heavy (non-hydrogen) atoms. The first-order valence-corrected chi connectivity index (χ1v) is 12.8. The Morgan fingerprint density at radius 2 is 1.40 bits per heavy atom. The molecular formula is C21H31NOSSi. The van der Waals surface area contributed by atoms with Crippen LogP contribution in [0.1, 0.15) is 40.5 Å². The van der Waals surface area contributed by atoms with E-state index >= 15 is 0 Å². The average Bonchev–Trinajstić information content (AvgIpc) is 2.61. The number of rotatable bonds is 7. The van der Waals surface area contributed by atoms with Crippen LogP contribution in [-0.2, 0) is 11.0 Å². The number of hydrogen-bond acceptors (Lipinski definition) is 1. The molecule has 2 aromatic rings. The third kappa shape index (κ3) is 4.69. The highest BCUT2D eigenvalue weighted by atomic mass is 32.2. The molecule has 0 spiro atoms. The fourth-order valence-corrected chi connectivity index (χ4v) is 8.97.